The predicted molar refractivity (Wildman–Crippen MR) is 95.3 cm³/mol. The molecule has 1 unspecified atom stereocenters. The number of halogens is 2. The molecule has 1 heterocycles. The number of nitrogens with two attached hydrogens (primary N) is 1. The molecule has 0 bridgehead atoms. The second-order valence-electron chi connectivity index (χ2n) is 4.94. The lowest BCUT2D eigenvalue weighted by Gasteiger charge is -2.18. The SMILES string of the molecule is CC(C)CC(CN)NC(=O)CSCc1ccccn1.Cl.Cl. The standard InChI is InChI=1S/C14H23N3OS.2ClH/c1-11(2)7-13(8-15)17-14(18)10-19-9-12-5-3-4-6-16-12;;/h3-6,11,13H,7-10,15H2,1-2H3,(H,17,18);2*1H. The van der Waals surface area contributed by atoms with Crippen molar-refractivity contribution in [1.82, 2.24) is 10.3 Å². The Bertz CT molecular complexity index is 380. The fourth-order valence-electron chi connectivity index (χ4n) is 1.78. The normalized spacial score (nSPS) is 11.2. The van der Waals surface area contributed by atoms with E-state index in [-0.39, 0.29) is 36.8 Å². The van der Waals surface area contributed by atoms with Crippen molar-refractivity contribution in [3.05, 3.63) is 30.1 Å². The van der Waals surface area contributed by atoms with Gasteiger partial charge in [-0.3, -0.25) is 9.78 Å². The fraction of sp³-hybridized carbons (Fsp3) is 0.571. The Morgan fingerprint density at radius 1 is 1.38 bits per heavy atom. The number of aromatic nitrogens is 1. The third kappa shape index (κ3) is 10.8. The van der Waals surface area contributed by atoms with Crippen molar-refractivity contribution in [2.24, 2.45) is 11.7 Å². The Hall–Kier alpha value is -0.490. The van der Waals surface area contributed by atoms with Crippen LogP contribution in [0.2, 0.25) is 0 Å². The van der Waals surface area contributed by atoms with Crippen LogP contribution < -0.4 is 11.1 Å². The van der Waals surface area contributed by atoms with Crippen molar-refractivity contribution in [3.63, 3.8) is 0 Å². The molecule has 1 amide bonds. The number of amides is 1. The number of carbonyl (C=O) groups excluding carboxylic acids is 1. The van der Waals surface area contributed by atoms with Crippen molar-refractivity contribution < 1.29 is 4.79 Å². The molecule has 0 aliphatic heterocycles. The van der Waals surface area contributed by atoms with Gasteiger partial charge in [-0.15, -0.1) is 36.6 Å². The molecule has 1 rings (SSSR count). The number of pyridine rings is 1. The summed E-state index contributed by atoms with van der Waals surface area (Å²) in [5, 5.41) is 2.98. The summed E-state index contributed by atoms with van der Waals surface area (Å²) >= 11 is 1.57. The molecule has 0 spiro atoms. The van der Waals surface area contributed by atoms with Gasteiger partial charge in [-0.05, 0) is 24.5 Å². The lowest BCUT2D eigenvalue weighted by atomic mass is 10.0. The Morgan fingerprint density at radius 2 is 2.10 bits per heavy atom. The summed E-state index contributed by atoms with van der Waals surface area (Å²) in [5.41, 5.74) is 6.66. The maximum absolute atomic E-state index is 11.8. The Labute approximate surface area is 143 Å². The number of rotatable bonds is 8. The van der Waals surface area contributed by atoms with E-state index < -0.39 is 0 Å². The summed E-state index contributed by atoms with van der Waals surface area (Å²) in [4.78, 5) is 16.0. The van der Waals surface area contributed by atoms with Crippen LogP contribution >= 0.6 is 36.6 Å². The van der Waals surface area contributed by atoms with Crippen molar-refractivity contribution in [1.29, 1.82) is 0 Å². The summed E-state index contributed by atoms with van der Waals surface area (Å²) in [6.45, 7) is 4.75. The van der Waals surface area contributed by atoms with Gasteiger partial charge in [0.2, 0.25) is 5.91 Å². The van der Waals surface area contributed by atoms with E-state index in [9.17, 15) is 4.79 Å². The molecule has 0 radical (unpaired) electrons. The van der Waals surface area contributed by atoms with Gasteiger partial charge in [-0.1, -0.05) is 19.9 Å². The van der Waals surface area contributed by atoms with E-state index in [1.165, 1.54) is 0 Å². The zero-order valence-corrected chi connectivity index (χ0v) is 14.9. The number of nitrogens with zero attached hydrogens (tertiary/aromatic N) is 1. The van der Waals surface area contributed by atoms with Gasteiger partial charge in [0.05, 0.1) is 11.4 Å². The van der Waals surface area contributed by atoms with Gasteiger partial charge >= 0.3 is 0 Å². The molecule has 0 aliphatic carbocycles. The van der Waals surface area contributed by atoms with Crippen LogP contribution in [0, 0.1) is 5.92 Å². The Balaban J connectivity index is 0. The van der Waals surface area contributed by atoms with Gasteiger partial charge < -0.3 is 11.1 Å². The fourth-order valence-corrected chi connectivity index (χ4v) is 2.53. The molecule has 7 heteroatoms. The van der Waals surface area contributed by atoms with Crippen molar-refractivity contribution in [2.45, 2.75) is 32.1 Å². The van der Waals surface area contributed by atoms with Crippen molar-refractivity contribution >= 4 is 42.5 Å². The Kier molecular flexibility index (Phi) is 14.3. The third-order valence-corrected chi connectivity index (χ3v) is 3.58. The minimum absolute atomic E-state index is 0. The van der Waals surface area contributed by atoms with Gasteiger partial charge in [-0.25, -0.2) is 0 Å². The number of hydrogen-bond acceptors (Lipinski definition) is 4. The lowest BCUT2D eigenvalue weighted by Crippen LogP contribution is -2.41. The molecular formula is C14H25Cl2N3OS. The molecular weight excluding hydrogens is 329 g/mol. The molecule has 1 aromatic rings. The predicted octanol–water partition coefficient (Wildman–Crippen LogP) is 2.65. The lowest BCUT2D eigenvalue weighted by molar-refractivity contribution is -0.119. The first-order valence-corrected chi connectivity index (χ1v) is 7.74. The molecule has 122 valence electrons. The highest BCUT2D eigenvalue weighted by Gasteiger charge is 2.12. The molecule has 1 aromatic heterocycles. The summed E-state index contributed by atoms with van der Waals surface area (Å²) in [6, 6.07) is 5.89. The van der Waals surface area contributed by atoms with E-state index in [1.807, 2.05) is 18.2 Å². The topological polar surface area (TPSA) is 68.0 Å². The molecule has 0 saturated carbocycles. The maximum Gasteiger partial charge on any atom is 0.230 e. The zero-order valence-electron chi connectivity index (χ0n) is 12.5. The van der Waals surface area contributed by atoms with Crippen LogP contribution in [-0.2, 0) is 10.5 Å². The molecule has 0 aromatic carbocycles. The second kappa shape index (κ2) is 13.2. The van der Waals surface area contributed by atoms with Gasteiger partial charge in [0.25, 0.3) is 0 Å². The molecule has 0 aliphatic rings. The largest absolute Gasteiger partial charge is 0.351 e. The summed E-state index contributed by atoms with van der Waals surface area (Å²) < 4.78 is 0. The number of nitrogens with one attached hydrogen (secondary N) is 1. The summed E-state index contributed by atoms with van der Waals surface area (Å²) in [5.74, 6) is 1.80. The van der Waals surface area contributed by atoms with Crippen LogP contribution in [0.3, 0.4) is 0 Å². The van der Waals surface area contributed by atoms with Gasteiger partial charge in [-0.2, -0.15) is 0 Å². The molecule has 0 saturated heterocycles. The number of carbonyl (C=O) groups is 1. The van der Waals surface area contributed by atoms with Crippen LogP contribution in [0.25, 0.3) is 0 Å². The molecule has 0 fully saturated rings. The van der Waals surface area contributed by atoms with Gasteiger partial charge in [0.15, 0.2) is 0 Å². The highest BCUT2D eigenvalue weighted by Crippen LogP contribution is 2.09. The van der Waals surface area contributed by atoms with E-state index in [0.717, 1.165) is 17.9 Å². The third-order valence-electron chi connectivity index (χ3n) is 2.61. The smallest absolute Gasteiger partial charge is 0.230 e. The van der Waals surface area contributed by atoms with E-state index >= 15 is 0 Å². The highest BCUT2D eigenvalue weighted by molar-refractivity contribution is 7.99. The van der Waals surface area contributed by atoms with E-state index in [2.05, 4.69) is 24.1 Å². The second-order valence-corrected chi connectivity index (χ2v) is 5.93. The zero-order chi connectivity index (χ0) is 14.1. The Morgan fingerprint density at radius 3 is 2.62 bits per heavy atom. The van der Waals surface area contributed by atoms with E-state index in [4.69, 9.17) is 5.73 Å². The van der Waals surface area contributed by atoms with Gasteiger partial charge in [0.1, 0.15) is 0 Å². The van der Waals surface area contributed by atoms with Crippen molar-refractivity contribution in [2.75, 3.05) is 12.3 Å². The highest BCUT2D eigenvalue weighted by atomic mass is 35.5. The van der Waals surface area contributed by atoms with Crippen LogP contribution in [0.1, 0.15) is 26.0 Å². The van der Waals surface area contributed by atoms with Gasteiger partial charge in [0, 0.05) is 24.5 Å². The number of thioether (sulfide) groups is 1. The summed E-state index contributed by atoms with van der Waals surface area (Å²) in [6.07, 6.45) is 2.69. The van der Waals surface area contributed by atoms with E-state index in [1.54, 1.807) is 18.0 Å². The average Bonchev–Trinajstić information content (AvgIpc) is 2.38. The molecule has 21 heavy (non-hydrogen) atoms. The molecule has 4 nitrogen and oxygen atoms in total. The van der Waals surface area contributed by atoms with Crippen LogP contribution in [-0.4, -0.2) is 29.2 Å². The first kappa shape index (κ1) is 22.8. The molecule has 1 atom stereocenters. The van der Waals surface area contributed by atoms with E-state index in [0.29, 0.717) is 18.2 Å². The quantitative estimate of drug-likeness (QED) is 0.753. The first-order valence-electron chi connectivity index (χ1n) is 6.59. The average molecular weight is 354 g/mol. The number of hydrogen-bond donors (Lipinski definition) is 2. The monoisotopic (exact) mass is 353 g/mol. The maximum atomic E-state index is 11.8. The van der Waals surface area contributed by atoms with Crippen LogP contribution in [0.15, 0.2) is 24.4 Å². The first-order chi connectivity index (χ1) is 9.11. The minimum atomic E-state index is 0. The van der Waals surface area contributed by atoms with Crippen molar-refractivity contribution in [3.8, 4) is 0 Å². The minimum Gasteiger partial charge on any atom is -0.351 e. The van der Waals surface area contributed by atoms with Crippen LogP contribution in [0.4, 0.5) is 0 Å². The molecule has 3 N–H and O–H groups in total. The van der Waals surface area contributed by atoms with Crippen LogP contribution in [0.5, 0.6) is 0 Å². The summed E-state index contributed by atoms with van der Waals surface area (Å²) in [7, 11) is 0.